The molecule has 1 fully saturated rings. The Balaban J connectivity index is 2.11. The van der Waals surface area contributed by atoms with Crippen molar-refractivity contribution in [2.24, 2.45) is 0 Å². The van der Waals surface area contributed by atoms with Crippen molar-refractivity contribution in [3.8, 4) is 0 Å². The molecule has 2 aliphatic heterocycles. The van der Waals surface area contributed by atoms with Gasteiger partial charge in [-0.1, -0.05) is 6.42 Å². The molecule has 0 spiro atoms. The van der Waals surface area contributed by atoms with Gasteiger partial charge in [0.1, 0.15) is 5.76 Å². The van der Waals surface area contributed by atoms with Crippen LogP contribution >= 0.6 is 0 Å². The molecule has 0 radical (unpaired) electrons. The molecule has 1 unspecified atom stereocenters. The SMILES string of the molecule is CNC(C1=CCCCO1)C(C)(C)N1CCCCC1. The van der Waals surface area contributed by atoms with Gasteiger partial charge in [-0.15, -0.1) is 0 Å². The van der Waals surface area contributed by atoms with E-state index in [0.29, 0.717) is 6.04 Å². The fraction of sp³-hybridized carbons (Fsp3) is 0.867. The van der Waals surface area contributed by atoms with E-state index < -0.39 is 0 Å². The van der Waals surface area contributed by atoms with Gasteiger partial charge >= 0.3 is 0 Å². The van der Waals surface area contributed by atoms with Crippen LogP contribution < -0.4 is 5.32 Å². The summed E-state index contributed by atoms with van der Waals surface area (Å²) in [5.41, 5.74) is 0.123. The molecule has 1 saturated heterocycles. The van der Waals surface area contributed by atoms with Crippen molar-refractivity contribution in [3.63, 3.8) is 0 Å². The van der Waals surface area contributed by atoms with Crippen molar-refractivity contribution in [3.05, 3.63) is 11.8 Å². The minimum absolute atomic E-state index is 0.123. The van der Waals surface area contributed by atoms with Gasteiger partial charge in [0.2, 0.25) is 0 Å². The summed E-state index contributed by atoms with van der Waals surface area (Å²) in [5, 5.41) is 3.47. The number of nitrogens with zero attached hydrogens (tertiary/aromatic N) is 1. The molecule has 0 saturated carbocycles. The molecule has 1 atom stereocenters. The average molecular weight is 252 g/mol. The van der Waals surface area contributed by atoms with Gasteiger partial charge in [-0.3, -0.25) is 4.90 Å². The molecule has 2 heterocycles. The van der Waals surface area contributed by atoms with E-state index in [-0.39, 0.29) is 5.54 Å². The molecule has 0 amide bonds. The number of nitrogens with one attached hydrogen (secondary N) is 1. The smallest absolute Gasteiger partial charge is 0.111 e. The number of rotatable bonds is 4. The number of allylic oxidation sites excluding steroid dienone is 1. The minimum atomic E-state index is 0.123. The fourth-order valence-corrected chi connectivity index (χ4v) is 3.27. The van der Waals surface area contributed by atoms with Crippen molar-refractivity contribution in [1.29, 1.82) is 0 Å². The molecule has 18 heavy (non-hydrogen) atoms. The van der Waals surface area contributed by atoms with Gasteiger partial charge in [0.25, 0.3) is 0 Å². The largest absolute Gasteiger partial charge is 0.497 e. The van der Waals surface area contributed by atoms with Gasteiger partial charge in [0.15, 0.2) is 0 Å². The quantitative estimate of drug-likeness (QED) is 0.832. The van der Waals surface area contributed by atoms with Crippen molar-refractivity contribution >= 4 is 0 Å². The van der Waals surface area contributed by atoms with E-state index in [1.54, 1.807) is 0 Å². The van der Waals surface area contributed by atoms with E-state index >= 15 is 0 Å². The summed E-state index contributed by atoms with van der Waals surface area (Å²) in [7, 11) is 2.05. The predicted molar refractivity (Wildman–Crippen MR) is 75.6 cm³/mol. The van der Waals surface area contributed by atoms with E-state index in [2.05, 4.69) is 37.2 Å². The number of ether oxygens (including phenoxy) is 1. The normalized spacial score (nSPS) is 24.3. The van der Waals surface area contributed by atoms with Crippen LogP contribution in [0.1, 0.15) is 46.0 Å². The Labute approximate surface area is 112 Å². The summed E-state index contributed by atoms with van der Waals surface area (Å²) in [6.45, 7) is 8.01. The molecule has 104 valence electrons. The molecule has 3 nitrogen and oxygen atoms in total. The topological polar surface area (TPSA) is 24.5 Å². The van der Waals surface area contributed by atoms with Crippen molar-refractivity contribution in [1.82, 2.24) is 10.2 Å². The Hall–Kier alpha value is -0.540. The van der Waals surface area contributed by atoms with Gasteiger partial charge in [-0.25, -0.2) is 0 Å². The summed E-state index contributed by atoms with van der Waals surface area (Å²) in [5.74, 6) is 1.15. The Kier molecular flexibility index (Phi) is 4.68. The summed E-state index contributed by atoms with van der Waals surface area (Å²) in [6, 6.07) is 0.302. The maximum absolute atomic E-state index is 5.88. The molecule has 3 heteroatoms. The number of hydrogen-bond donors (Lipinski definition) is 1. The molecule has 0 aliphatic carbocycles. The highest BCUT2D eigenvalue weighted by Gasteiger charge is 2.38. The van der Waals surface area contributed by atoms with E-state index in [4.69, 9.17) is 4.74 Å². The molecule has 2 rings (SSSR count). The van der Waals surface area contributed by atoms with Gasteiger partial charge in [-0.05, 0) is 65.7 Å². The van der Waals surface area contributed by atoms with Crippen LogP contribution in [0.5, 0.6) is 0 Å². The summed E-state index contributed by atoms with van der Waals surface area (Å²) >= 11 is 0. The van der Waals surface area contributed by atoms with E-state index in [0.717, 1.165) is 25.2 Å². The fourth-order valence-electron chi connectivity index (χ4n) is 3.27. The minimum Gasteiger partial charge on any atom is -0.497 e. The Morgan fingerprint density at radius 3 is 2.50 bits per heavy atom. The third-order valence-corrected chi connectivity index (χ3v) is 4.41. The van der Waals surface area contributed by atoms with Crippen LogP contribution in [0.2, 0.25) is 0 Å². The zero-order valence-electron chi connectivity index (χ0n) is 12.2. The predicted octanol–water partition coefficient (Wildman–Crippen LogP) is 2.53. The third-order valence-electron chi connectivity index (χ3n) is 4.41. The van der Waals surface area contributed by atoms with E-state index in [1.807, 2.05) is 0 Å². The first-order chi connectivity index (χ1) is 8.66. The van der Waals surface area contributed by atoms with Crippen LogP contribution in [0.3, 0.4) is 0 Å². The van der Waals surface area contributed by atoms with Crippen molar-refractivity contribution in [2.45, 2.75) is 57.5 Å². The highest BCUT2D eigenvalue weighted by Crippen LogP contribution is 2.29. The maximum atomic E-state index is 5.88. The second-order valence-electron chi connectivity index (χ2n) is 6.02. The van der Waals surface area contributed by atoms with E-state index in [9.17, 15) is 0 Å². The third kappa shape index (κ3) is 2.89. The number of likely N-dealkylation sites (N-methyl/N-ethyl adjacent to an activating group) is 1. The lowest BCUT2D eigenvalue weighted by Gasteiger charge is -2.46. The van der Waals surface area contributed by atoms with Crippen molar-refractivity contribution in [2.75, 3.05) is 26.7 Å². The van der Waals surface area contributed by atoms with Crippen molar-refractivity contribution < 1.29 is 4.74 Å². The molecule has 0 aromatic carbocycles. The monoisotopic (exact) mass is 252 g/mol. The molecule has 0 aromatic rings. The molecule has 0 aromatic heterocycles. The Morgan fingerprint density at radius 1 is 1.22 bits per heavy atom. The standard InChI is InChI=1S/C15H28N2O/c1-15(2,17-10-6-4-7-11-17)14(16-3)13-9-5-8-12-18-13/h9,14,16H,4-8,10-12H2,1-3H3. The van der Waals surface area contributed by atoms with Gasteiger partial charge in [-0.2, -0.15) is 0 Å². The first-order valence-electron chi connectivity index (χ1n) is 7.41. The second kappa shape index (κ2) is 6.07. The van der Waals surface area contributed by atoms with Crippen LogP contribution in [0, 0.1) is 0 Å². The Bertz CT molecular complexity index is 293. The molecule has 0 bridgehead atoms. The van der Waals surface area contributed by atoms with Gasteiger partial charge < -0.3 is 10.1 Å². The zero-order valence-corrected chi connectivity index (χ0v) is 12.2. The number of likely N-dealkylation sites (tertiary alicyclic amines) is 1. The molecular weight excluding hydrogens is 224 g/mol. The van der Waals surface area contributed by atoms with Crippen LogP contribution in [0.15, 0.2) is 11.8 Å². The van der Waals surface area contributed by atoms with Gasteiger partial charge in [0, 0.05) is 5.54 Å². The summed E-state index contributed by atoms with van der Waals surface area (Å²) < 4.78 is 5.88. The number of hydrogen-bond acceptors (Lipinski definition) is 3. The highest BCUT2D eigenvalue weighted by molar-refractivity contribution is 5.14. The molecular formula is C15H28N2O. The number of piperidine rings is 1. The van der Waals surface area contributed by atoms with Crippen LogP contribution in [0.25, 0.3) is 0 Å². The Morgan fingerprint density at radius 2 is 1.94 bits per heavy atom. The van der Waals surface area contributed by atoms with Crippen LogP contribution in [-0.4, -0.2) is 43.2 Å². The first kappa shape index (κ1) is 13.9. The zero-order chi connectivity index (χ0) is 13.0. The summed E-state index contributed by atoms with van der Waals surface area (Å²) in [6.07, 6.45) is 8.64. The lowest BCUT2D eigenvalue weighted by Crippen LogP contribution is -2.59. The molecule has 2 aliphatic rings. The van der Waals surface area contributed by atoms with Crippen LogP contribution in [-0.2, 0) is 4.74 Å². The maximum Gasteiger partial charge on any atom is 0.111 e. The average Bonchev–Trinajstić information content (AvgIpc) is 2.41. The van der Waals surface area contributed by atoms with Crippen LogP contribution in [0.4, 0.5) is 0 Å². The lowest BCUT2D eigenvalue weighted by molar-refractivity contribution is 0.0463. The van der Waals surface area contributed by atoms with Gasteiger partial charge in [0.05, 0.1) is 12.6 Å². The first-order valence-corrected chi connectivity index (χ1v) is 7.41. The lowest BCUT2D eigenvalue weighted by atomic mass is 9.88. The summed E-state index contributed by atoms with van der Waals surface area (Å²) in [4.78, 5) is 2.62. The highest BCUT2D eigenvalue weighted by atomic mass is 16.5. The van der Waals surface area contributed by atoms with E-state index in [1.165, 1.54) is 32.4 Å². The second-order valence-corrected chi connectivity index (χ2v) is 6.02. The molecule has 1 N–H and O–H groups in total.